The van der Waals surface area contributed by atoms with E-state index in [9.17, 15) is 19.8 Å². The van der Waals surface area contributed by atoms with Gasteiger partial charge in [0.15, 0.2) is 0 Å². The smallest absolute Gasteiger partial charge is 0.338 e. The number of hydrogen-bond acceptors (Lipinski definition) is 3. The first kappa shape index (κ1) is 14.7. The number of pyridine rings is 1. The fraction of sp³-hybridized carbons (Fsp3) is 0.188. The first-order valence-electron chi connectivity index (χ1n) is 6.52. The van der Waals surface area contributed by atoms with Crippen LogP contribution in [0.1, 0.15) is 38.9 Å². The minimum Gasteiger partial charge on any atom is -0.478 e. The number of aromatic carboxylic acids is 2. The van der Waals surface area contributed by atoms with E-state index in [1.165, 1.54) is 0 Å². The van der Waals surface area contributed by atoms with Gasteiger partial charge in [-0.1, -0.05) is 37.3 Å². The Hall–Kier alpha value is -2.69. The third-order valence-electron chi connectivity index (χ3n) is 3.33. The second kappa shape index (κ2) is 5.75. The predicted octanol–water partition coefficient (Wildman–Crippen LogP) is 3.02. The molecule has 2 rings (SSSR count). The molecule has 2 N–H and O–H groups in total. The Morgan fingerprint density at radius 1 is 1.05 bits per heavy atom. The van der Waals surface area contributed by atoms with E-state index in [-0.39, 0.29) is 16.8 Å². The molecule has 5 heteroatoms. The number of hydrogen-bond donors (Lipinski definition) is 2. The average molecular weight is 285 g/mol. The summed E-state index contributed by atoms with van der Waals surface area (Å²) < 4.78 is 0. The van der Waals surface area contributed by atoms with Crippen molar-refractivity contribution in [2.45, 2.75) is 20.3 Å². The van der Waals surface area contributed by atoms with Crippen molar-refractivity contribution in [1.29, 1.82) is 0 Å². The number of carboxylic acid groups (broad SMARTS) is 2. The molecule has 0 spiro atoms. The molecular formula is C16H15NO4. The molecule has 0 fully saturated rings. The van der Waals surface area contributed by atoms with Crippen LogP contribution in [0.5, 0.6) is 0 Å². The molecule has 1 aromatic heterocycles. The quantitative estimate of drug-likeness (QED) is 0.901. The summed E-state index contributed by atoms with van der Waals surface area (Å²) in [5, 5.41) is 18.7. The standard InChI is InChI=1S/C16H15NO4/c1-3-11-13(16(20)21)12(15(18)19)9(2)14(17-11)10-7-5-4-6-8-10/h4-8H,3H2,1-2H3,(H,18,19)(H,20,21). The van der Waals surface area contributed by atoms with Gasteiger partial charge in [-0.25, -0.2) is 9.59 Å². The first-order valence-corrected chi connectivity index (χ1v) is 6.52. The largest absolute Gasteiger partial charge is 0.478 e. The zero-order valence-electron chi connectivity index (χ0n) is 11.8. The summed E-state index contributed by atoms with van der Waals surface area (Å²) in [6.07, 6.45) is 0.349. The number of aryl methyl sites for hydroxylation is 1. The van der Waals surface area contributed by atoms with Gasteiger partial charge in [-0.2, -0.15) is 0 Å². The molecule has 0 bridgehead atoms. The summed E-state index contributed by atoms with van der Waals surface area (Å²) >= 11 is 0. The number of benzene rings is 1. The molecule has 1 heterocycles. The van der Waals surface area contributed by atoms with Crippen LogP contribution in [0.15, 0.2) is 30.3 Å². The lowest BCUT2D eigenvalue weighted by atomic mass is 9.95. The van der Waals surface area contributed by atoms with Crippen molar-refractivity contribution in [2.75, 3.05) is 0 Å². The van der Waals surface area contributed by atoms with Gasteiger partial charge >= 0.3 is 11.9 Å². The van der Waals surface area contributed by atoms with Crippen LogP contribution in [0.3, 0.4) is 0 Å². The van der Waals surface area contributed by atoms with Crippen molar-refractivity contribution >= 4 is 11.9 Å². The van der Waals surface area contributed by atoms with E-state index in [4.69, 9.17) is 0 Å². The van der Waals surface area contributed by atoms with Gasteiger partial charge in [0.2, 0.25) is 0 Å². The third kappa shape index (κ3) is 2.63. The molecule has 0 amide bonds. The van der Waals surface area contributed by atoms with Crippen LogP contribution in [-0.4, -0.2) is 27.1 Å². The minimum absolute atomic E-state index is 0.187. The molecule has 0 aliphatic heterocycles. The maximum absolute atomic E-state index is 11.5. The Morgan fingerprint density at radius 2 is 1.62 bits per heavy atom. The van der Waals surface area contributed by atoms with Crippen LogP contribution in [0.25, 0.3) is 11.3 Å². The van der Waals surface area contributed by atoms with Gasteiger partial charge in [-0.05, 0) is 18.9 Å². The normalized spacial score (nSPS) is 10.4. The van der Waals surface area contributed by atoms with Crippen LogP contribution in [0.4, 0.5) is 0 Å². The van der Waals surface area contributed by atoms with Crippen LogP contribution < -0.4 is 0 Å². The SMILES string of the molecule is CCc1nc(-c2ccccc2)c(C)c(C(=O)O)c1C(=O)O. The fourth-order valence-corrected chi connectivity index (χ4v) is 2.36. The van der Waals surface area contributed by atoms with Gasteiger partial charge in [0, 0.05) is 5.56 Å². The van der Waals surface area contributed by atoms with E-state index in [2.05, 4.69) is 4.98 Å². The van der Waals surface area contributed by atoms with E-state index < -0.39 is 11.9 Å². The van der Waals surface area contributed by atoms with E-state index >= 15 is 0 Å². The highest BCUT2D eigenvalue weighted by Gasteiger charge is 2.25. The molecule has 5 nitrogen and oxygen atoms in total. The molecule has 0 saturated heterocycles. The van der Waals surface area contributed by atoms with Crippen LogP contribution in [0, 0.1) is 6.92 Å². The zero-order chi connectivity index (χ0) is 15.6. The Morgan fingerprint density at radius 3 is 2.10 bits per heavy atom. The van der Waals surface area contributed by atoms with Crippen molar-refractivity contribution in [2.24, 2.45) is 0 Å². The lowest BCUT2D eigenvalue weighted by Gasteiger charge is -2.14. The minimum atomic E-state index is -1.26. The second-order valence-electron chi connectivity index (χ2n) is 4.61. The van der Waals surface area contributed by atoms with Gasteiger partial charge in [-0.15, -0.1) is 0 Å². The molecule has 2 aromatic rings. The van der Waals surface area contributed by atoms with Crippen molar-refractivity contribution < 1.29 is 19.8 Å². The molecule has 0 saturated carbocycles. The van der Waals surface area contributed by atoms with E-state index in [1.807, 2.05) is 30.3 Å². The molecule has 0 atom stereocenters. The Balaban J connectivity index is 2.85. The molecule has 0 unspecified atom stereocenters. The molecule has 21 heavy (non-hydrogen) atoms. The molecule has 0 aliphatic rings. The summed E-state index contributed by atoms with van der Waals surface area (Å²) in [5.74, 6) is -2.52. The van der Waals surface area contributed by atoms with Gasteiger partial charge in [0.05, 0.1) is 22.5 Å². The molecular weight excluding hydrogens is 270 g/mol. The maximum Gasteiger partial charge on any atom is 0.338 e. The number of carbonyl (C=O) groups is 2. The van der Waals surface area contributed by atoms with Crippen LogP contribution >= 0.6 is 0 Å². The summed E-state index contributed by atoms with van der Waals surface area (Å²) in [7, 11) is 0. The van der Waals surface area contributed by atoms with Crippen molar-refractivity contribution in [1.82, 2.24) is 4.98 Å². The molecule has 1 aromatic carbocycles. The Labute approximate surface area is 121 Å². The van der Waals surface area contributed by atoms with Crippen LogP contribution in [0.2, 0.25) is 0 Å². The van der Waals surface area contributed by atoms with Gasteiger partial charge in [-0.3, -0.25) is 4.98 Å². The second-order valence-corrected chi connectivity index (χ2v) is 4.61. The Kier molecular flexibility index (Phi) is 4.03. The lowest BCUT2D eigenvalue weighted by Crippen LogP contribution is -2.16. The highest BCUT2D eigenvalue weighted by atomic mass is 16.4. The van der Waals surface area contributed by atoms with Gasteiger partial charge in [0.25, 0.3) is 0 Å². The van der Waals surface area contributed by atoms with Crippen LogP contribution in [-0.2, 0) is 6.42 Å². The summed E-state index contributed by atoms with van der Waals surface area (Å²) in [4.78, 5) is 27.3. The lowest BCUT2D eigenvalue weighted by molar-refractivity contribution is 0.0649. The van der Waals surface area contributed by atoms with Gasteiger partial charge < -0.3 is 10.2 Å². The Bertz CT molecular complexity index is 708. The molecule has 0 radical (unpaired) electrons. The molecule has 0 aliphatic carbocycles. The van der Waals surface area contributed by atoms with Crippen molar-refractivity contribution in [3.05, 3.63) is 52.7 Å². The average Bonchev–Trinajstić information content (AvgIpc) is 2.47. The number of nitrogens with zero attached hydrogens (tertiary/aromatic N) is 1. The summed E-state index contributed by atoms with van der Waals surface area (Å²) in [5.41, 5.74) is 1.52. The molecule has 108 valence electrons. The predicted molar refractivity (Wildman–Crippen MR) is 77.7 cm³/mol. The maximum atomic E-state index is 11.5. The summed E-state index contributed by atoms with van der Waals surface area (Å²) in [6, 6.07) is 9.15. The summed E-state index contributed by atoms with van der Waals surface area (Å²) in [6.45, 7) is 3.34. The fourth-order valence-electron chi connectivity index (χ4n) is 2.36. The number of aromatic nitrogens is 1. The highest BCUT2D eigenvalue weighted by molar-refractivity contribution is 6.04. The van der Waals surface area contributed by atoms with E-state index in [0.29, 0.717) is 17.7 Å². The highest BCUT2D eigenvalue weighted by Crippen LogP contribution is 2.28. The topological polar surface area (TPSA) is 87.5 Å². The van der Waals surface area contributed by atoms with E-state index in [0.717, 1.165) is 5.56 Å². The third-order valence-corrected chi connectivity index (χ3v) is 3.33. The first-order chi connectivity index (χ1) is 9.97. The van der Waals surface area contributed by atoms with Crippen molar-refractivity contribution in [3.63, 3.8) is 0 Å². The monoisotopic (exact) mass is 285 g/mol. The number of rotatable bonds is 4. The number of carboxylic acids is 2. The van der Waals surface area contributed by atoms with Gasteiger partial charge in [0.1, 0.15) is 0 Å². The van der Waals surface area contributed by atoms with Crippen molar-refractivity contribution in [3.8, 4) is 11.3 Å². The zero-order valence-corrected chi connectivity index (χ0v) is 11.8. The van der Waals surface area contributed by atoms with E-state index in [1.54, 1.807) is 13.8 Å².